The van der Waals surface area contributed by atoms with Gasteiger partial charge in [0.05, 0.1) is 0 Å². The molecule has 0 aromatic carbocycles. The first-order chi connectivity index (χ1) is 7.15. The standard InChI is InChI=1S/C10H18N2O3/c1-7-9(13)12-8(10(14)11-7)5-3-4-6-15-2/h7-8H,3-6H2,1-2H3,(H,11,14)(H,12,13). The molecule has 2 atom stereocenters. The second kappa shape index (κ2) is 5.70. The molecule has 0 radical (unpaired) electrons. The second-order valence-electron chi connectivity index (χ2n) is 3.78. The largest absolute Gasteiger partial charge is 0.385 e. The molecule has 0 aromatic rings. The summed E-state index contributed by atoms with van der Waals surface area (Å²) in [5, 5.41) is 5.34. The number of rotatable bonds is 5. The van der Waals surface area contributed by atoms with E-state index in [1.165, 1.54) is 0 Å². The molecule has 0 aliphatic carbocycles. The number of methoxy groups -OCH3 is 1. The van der Waals surface area contributed by atoms with Gasteiger partial charge >= 0.3 is 0 Å². The van der Waals surface area contributed by atoms with E-state index in [-0.39, 0.29) is 17.9 Å². The van der Waals surface area contributed by atoms with E-state index in [0.717, 1.165) is 12.8 Å². The maximum absolute atomic E-state index is 11.5. The summed E-state index contributed by atoms with van der Waals surface area (Å²) in [7, 11) is 1.65. The number of ether oxygens (including phenoxy) is 1. The molecule has 2 amide bonds. The molecule has 5 heteroatoms. The van der Waals surface area contributed by atoms with Crippen molar-refractivity contribution in [2.75, 3.05) is 13.7 Å². The topological polar surface area (TPSA) is 67.4 Å². The number of amides is 2. The van der Waals surface area contributed by atoms with E-state index in [1.807, 2.05) is 0 Å². The van der Waals surface area contributed by atoms with Crippen LogP contribution in [0, 0.1) is 0 Å². The number of carbonyl (C=O) groups is 2. The number of hydrogen-bond donors (Lipinski definition) is 2. The normalized spacial score (nSPS) is 26.0. The molecule has 0 saturated carbocycles. The lowest BCUT2D eigenvalue weighted by molar-refractivity contribution is -0.136. The Bertz CT molecular complexity index is 243. The van der Waals surface area contributed by atoms with Gasteiger partial charge in [-0.1, -0.05) is 0 Å². The Morgan fingerprint density at radius 3 is 2.60 bits per heavy atom. The predicted molar refractivity (Wildman–Crippen MR) is 55.3 cm³/mol. The third kappa shape index (κ3) is 3.51. The van der Waals surface area contributed by atoms with Crippen LogP contribution in [0.5, 0.6) is 0 Å². The van der Waals surface area contributed by atoms with Crippen molar-refractivity contribution in [1.29, 1.82) is 0 Å². The van der Waals surface area contributed by atoms with E-state index >= 15 is 0 Å². The smallest absolute Gasteiger partial charge is 0.243 e. The monoisotopic (exact) mass is 214 g/mol. The molecular weight excluding hydrogens is 196 g/mol. The van der Waals surface area contributed by atoms with Gasteiger partial charge in [-0.05, 0) is 26.2 Å². The summed E-state index contributed by atoms with van der Waals surface area (Å²) < 4.78 is 4.91. The SMILES string of the molecule is COCCCCC1NC(=O)C(C)NC1=O. The lowest BCUT2D eigenvalue weighted by Gasteiger charge is -2.27. The van der Waals surface area contributed by atoms with Crippen LogP contribution >= 0.6 is 0 Å². The quantitative estimate of drug-likeness (QED) is 0.623. The zero-order chi connectivity index (χ0) is 11.3. The van der Waals surface area contributed by atoms with Crippen molar-refractivity contribution in [2.24, 2.45) is 0 Å². The van der Waals surface area contributed by atoms with E-state index in [9.17, 15) is 9.59 Å². The highest BCUT2D eigenvalue weighted by Gasteiger charge is 2.30. The molecule has 0 bridgehead atoms. The maximum atomic E-state index is 11.5. The first-order valence-electron chi connectivity index (χ1n) is 5.25. The van der Waals surface area contributed by atoms with Gasteiger partial charge in [-0.2, -0.15) is 0 Å². The summed E-state index contributed by atoms with van der Waals surface area (Å²) in [5.74, 6) is -0.189. The molecule has 86 valence electrons. The van der Waals surface area contributed by atoms with Crippen molar-refractivity contribution in [3.8, 4) is 0 Å². The van der Waals surface area contributed by atoms with Crippen LogP contribution in [0.1, 0.15) is 26.2 Å². The van der Waals surface area contributed by atoms with E-state index in [2.05, 4.69) is 10.6 Å². The summed E-state index contributed by atoms with van der Waals surface area (Å²) >= 11 is 0. The summed E-state index contributed by atoms with van der Waals surface area (Å²) in [4.78, 5) is 22.7. The molecule has 2 N–H and O–H groups in total. The maximum Gasteiger partial charge on any atom is 0.243 e. The van der Waals surface area contributed by atoms with Crippen LogP contribution in [0.15, 0.2) is 0 Å². The Morgan fingerprint density at radius 1 is 1.20 bits per heavy atom. The summed E-state index contributed by atoms with van der Waals surface area (Å²) in [5.41, 5.74) is 0. The van der Waals surface area contributed by atoms with Crippen LogP contribution in [0.3, 0.4) is 0 Å². The fourth-order valence-corrected chi connectivity index (χ4v) is 1.54. The zero-order valence-electron chi connectivity index (χ0n) is 9.21. The van der Waals surface area contributed by atoms with Crippen LogP contribution in [0.4, 0.5) is 0 Å². The highest BCUT2D eigenvalue weighted by Crippen LogP contribution is 2.05. The second-order valence-corrected chi connectivity index (χ2v) is 3.78. The van der Waals surface area contributed by atoms with Gasteiger partial charge in [-0.3, -0.25) is 9.59 Å². The van der Waals surface area contributed by atoms with Crippen molar-refractivity contribution in [2.45, 2.75) is 38.3 Å². The van der Waals surface area contributed by atoms with Gasteiger partial charge in [-0.15, -0.1) is 0 Å². The number of hydrogen-bond acceptors (Lipinski definition) is 3. The van der Waals surface area contributed by atoms with Gasteiger partial charge in [0.15, 0.2) is 0 Å². The third-order valence-electron chi connectivity index (χ3n) is 2.48. The van der Waals surface area contributed by atoms with Crippen LogP contribution in [0.25, 0.3) is 0 Å². The minimum Gasteiger partial charge on any atom is -0.385 e. The number of carbonyl (C=O) groups excluding carboxylic acids is 2. The number of nitrogens with one attached hydrogen (secondary N) is 2. The van der Waals surface area contributed by atoms with Gasteiger partial charge in [0.25, 0.3) is 0 Å². The van der Waals surface area contributed by atoms with Crippen molar-refractivity contribution >= 4 is 11.8 Å². The molecule has 2 unspecified atom stereocenters. The van der Waals surface area contributed by atoms with Gasteiger partial charge < -0.3 is 15.4 Å². The molecule has 15 heavy (non-hydrogen) atoms. The summed E-state index contributed by atoms with van der Waals surface area (Å²) in [6.07, 6.45) is 2.46. The molecule has 0 aromatic heterocycles. The number of piperazine rings is 1. The molecule has 5 nitrogen and oxygen atoms in total. The molecule has 1 saturated heterocycles. The highest BCUT2D eigenvalue weighted by atomic mass is 16.5. The lowest BCUT2D eigenvalue weighted by atomic mass is 10.1. The molecule has 0 spiro atoms. The first-order valence-corrected chi connectivity index (χ1v) is 5.25. The van der Waals surface area contributed by atoms with E-state index < -0.39 is 6.04 Å². The van der Waals surface area contributed by atoms with Crippen LogP contribution in [0.2, 0.25) is 0 Å². The summed E-state index contributed by atoms with van der Waals surface area (Å²) in [6.45, 7) is 2.37. The molecule has 1 fully saturated rings. The Labute approximate surface area is 89.6 Å². The number of unbranched alkanes of at least 4 members (excludes halogenated alkanes) is 1. The van der Waals surface area contributed by atoms with Gasteiger partial charge in [0.1, 0.15) is 12.1 Å². The third-order valence-corrected chi connectivity index (χ3v) is 2.48. The molecule has 1 aliphatic rings. The van der Waals surface area contributed by atoms with Crippen molar-refractivity contribution < 1.29 is 14.3 Å². The fraction of sp³-hybridized carbons (Fsp3) is 0.800. The van der Waals surface area contributed by atoms with Crippen molar-refractivity contribution in [3.63, 3.8) is 0 Å². The fourth-order valence-electron chi connectivity index (χ4n) is 1.54. The molecule has 1 rings (SSSR count). The Kier molecular flexibility index (Phi) is 4.55. The Balaban J connectivity index is 2.29. The molecule has 1 heterocycles. The minimum absolute atomic E-state index is 0.0838. The minimum atomic E-state index is -0.410. The molecular formula is C10H18N2O3. The highest BCUT2D eigenvalue weighted by molar-refractivity contribution is 5.96. The van der Waals surface area contributed by atoms with Gasteiger partial charge in [0.2, 0.25) is 11.8 Å². The average Bonchev–Trinajstić information content (AvgIpc) is 2.20. The predicted octanol–water partition coefficient (Wildman–Crippen LogP) is -0.194. The Morgan fingerprint density at radius 2 is 1.93 bits per heavy atom. The summed E-state index contributed by atoms with van der Waals surface area (Å²) in [6, 6.07) is -0.779. The van der Waals surface area contributed by atoms with Crippen molar-refractivity contribution in [3.05, 3.63) is 0 Å². The van der Waals surface area contributed by atoms with Crippen LogP contribution in [-0.4, -0.2) is 37.6 Å². The van der Waals surface area contributed by atoms with Crippen molar-refractivity contribution in [1.82, 2.24) is 10.6 Å². The van der Waals surface area contributed by atoms with Crippen LogP contribution < -0.4 is 10.6 Å². The van der Waals surface area contributed by atoms with Gasteiger partial charge in [0, 0.05) is 13.7 Å². The van der Waals surface area contributed by atoms with E-state index in [0.29, 0.717) is 13.0 Å². The van der Waals surface area contributed by atoms with E-state index in [4.69, 9.17) is 4.74 Å². The molecule has 1 aliphatic heterocycles. The van der Waals surface area contributed by atoms with Crippen LogP contribution in [-0.2, 0) is 14.3 Å². The first kappa shape index (κ1) is 12.0. The van der Waals surface area contributed by atoms with Gasteiger partial charge in [-0.25, -0.2) is 0 Å². The Hall–Kier alpha value is -1.10. The van der Waals surface area contributed by atoms with E-state index in [1.54, 1.807) is 14.0 Å². The zero-order valence-corrected chi connectivity index (χ0v) is 9.21. The average molecular weight is 214 g/mol. The lowest BCUT2D eigenvalue weighted by Crippen LogP contribution is -2.60.